The molecule has 0 aliphatic carbocycles. The summed E-state index contributed by atoms with van der Waals surface area (Å²) in [4.78, 5) is 26.3. The first-order valence-electron chi connectivity index (χ1n) is 10.8. The minimum Gasteiger partial charge on any atom is -0.459 e. The maximum atomic E-state index is 12.3. The van der Waals surface area contributed by atoms with Gasteiger partial charge in [-0.25, -0.2) is 9.59 Å². The van der Waals surface area contributed by atoms with Crippen LogP contribution >= 0.6 is 0 Å². The maximum absolute atomic E-state index is 12.3. The number of esters is 1. The van der Waals surface area contributed by atoms with Gasteiger partial charge in [0.2, 0.25) is 0 Å². The molecule has 2 aromatic carbocycles. The number of carbonyl (C=O) groups is 2. The van der Waals surface area contributed by atoms with Gasteiger partial charge in [0.05, 0.1) is 18.3 Å². The minimum atomic E-state index is -0.321. The van der Waals surface area contributed by atoms with Crippen LogP contribution in [0.25, 0.3) is 0 Å². The van der Waals surface area contributed by atoms with E-state index in [4.69, 9.17) is 9.47 Å². The number of hydrogen-bond donors (Lipinski definition) is 0. The molecule has 30 heavy (non-hydrogen) atoms. The average molecular weight is 412 g/mol. The van der Waals surface area contributed by atoms with Gasteiger partial charge in [-0.15, -0.1) is 0 Å². The third-order valence-electron chi connectivity index (χ3n) is 4.82. The third-order valence-corrected chi connectivity index (χ3v) is 4.82. The van der Waals surface area contributed by atoms with Crippen LogP contribution < -0.4 is 0 Å². The molecule has 0 aliphatic rings. The Morgan fingerprint density at radius 2 is 1.67 bits per heavy atom. The van der Waals surface area contributed by atoms with E-state index in [0.29, 0.717) is 31.7 Å². The second-order valence-corrected chi connectivity index (χ2v) is 7.41. The quantitative estimate of drug-likeness (QED) is 0.450. The summed E-state index contributed by atoms with van der Waals surface area (Å²) in [5.74, 6) is -0.308. The molecular weight excluding hydrogens is 378 g/mol. The van der Waals surface area contributed by atoms with Gasteiger partial charge in [-0.2, -0.15) is 0 Å². The molecule has 0 saturated heterocycles. The van der Waals surface area contributed by atoms with Crippen molar-refractivity contribution in [3.05, 3.63) is 71.3 Å². The van der Waals surface area contributed by atoms with Crippen LogP contribution in [-0.2, 0) is 22.4 Å². The molecule has 0 aromatic heterocycles. The van der Waals surface area contributed by atoms with E-state index in [1.54, 1.807) is 11.8 Å². The van der Waals surface area contributed by atoms with E-state index in [1.807, 2.05) is 61.5 Å². The smallest absolute Gasteiger partial charge is 0.410 e. The Morgan fingerprint density at radius 1 is 0.967 bits per heavy atom. The van der Waals surface area contributed by atoms with Crippen molar-refractivity contribution < 1.29 is 19.1 Å². The van der Waals surface area contributed by atoms with Gasteiger partial charge in [-0.05, 0) is 56.4 Å². The molecule has 1 amide bonds. The average Bonchev–Trinajstić information content (AvgIpc) is 2.74. The van der Waals surface area contributed by atoms with Crippen molar-refractivity contribution in [2.45, 2.75) is 59.1 Å². The van der Waals surface area contributed by atoms with E-state index in [1.165, 1.54) is 5.56 Å². The fourth-order valence-corrected chi connectivity index (χ4v) is 3.23. The summed E-state index contributed by atoms with van der Waals surface area (Å²) in [5.41, 5.74) is 2.84. The number of aryl methyl sites for hydroxylation is 1. The van der Waals surface area contributed by atoms with Crippen molar-refractivity contribution in [3.8, 4) is 0 Å². The molecule has 5 nitrogen and oxygen atoms in total. The largest absolute Gasteiger partial charge is 0.459 e. The molecule has 2 aromatic rings. The summed E-state index contributed by atoms with van der Waals surface area (Å²) in [6.07, 6.45) is 2.92. The highest BCUT2D eigenvalue weighted by atomic mass is 16.6. The van der Waals surface area contributed by atoms with Gasteiger partial charge < -0.3 is 14.4 Å². The Kier molecular flexibility index (Phi) is 9.92. The molecule has 0 fully saturated rings. The van der Waals surface area contributed by atoms with E-state index >= 15 is 0 Å². The number of nitrogens with zero attached hydrogens (tertiary/aromatic N) is 1. The van der Waals surface area contributed by atoms with Gasteiger partial charge in [-0.3, -0.25) is 0 Å². The minimum absolute atomic E-state index is 0.228. The van der Waals surface area contributed by atoms with Crippen LogP contribution in [0.15, 0.2) is 54.6 Å². The molecular formula is C25H33NO4. The number of carbonyl (C=O) groups excluding carboxylic acids is 2. The fourth-order valence-electron chi connectivity index (χ4n) is 3.23. The summed E-state index contributed by atoms with van der Waals surface area (Å²) in [5, 5.41) is 0. The summed E-state index contributed by atoms with van der Waals surface area (Å²) >= 11 is 0. The van der Waals surface area contributed by atoms with Crippen molar-refractivity contribution in [1.29, 1.82) is 0 Å². The van der Waals surface area contributed by atoms with Crippen molar-refractivity contribution in [2.75, 3.05) is 13.2 Å². The maximum Gasteiger partial charge on any atom is 0.410 e. The molecule has 0 N–H and O–H groups in total. The standard InChI is InChI=1S/C25H33NO4/c1-4-10-21-14-16-23(17-15-21)24(27)30-20(3)11-9-18-26(25(28)29-5-2)19-22-12-7-6-8-13-22/h6-8,12-17,20H,4-5,9-11,18-19H2,1-3H3. The lowest BCUT2D eigenvalue weighted by atomic mass is 10.1. The predicted octanol–water partition coefficient (Wildman–Crippen LogP) is 5.62. The van der Waals surface area contributed by atoms with E-state index < -0.39 is 0 Å². The summed E-state index contributed by atoms with van der Waals surface area (Å²) in [7, 11) is 0. The molecule has 0 spiro atoms. The Bertz CT molecular complexity index is 773. The number of hydrogen-bond acceptors (Lipinski definition) is 4. The van der Waals surface area contributed by atoms with Gasteiger partial charge >= 0.3 is 12.1 Å². The zero-order valence-corrected chi connectivity index (χ0v) is 18.3. The molecule has 2 rings (SSSR count). The lowest BCUT2D eigenvalue weighted by Crippen LogP contribution is -2.32. The van der Waals surface area contributed by atoms with E-state index in [-0.39, 0.29) is 18.2 Å². The zero-order chi connectivity index (χ0) is 21.8. The van der Waals surface area contributed by atoms with Gasteiger partial charge in [-0.1, -0.05) is 55.8 Å². The molecule has 1 atom stereocenters. The van der Waals surface area contributed by atoms with Gasteiger partial charge in [0.15, 0.2) is 0 Å². The first-order valence-corrected chi connectivity index (χ1v) is 10.8. The highest BCUT2D eigenvalue weighted by Gasteiger charge is 2.17. The highest BCUT2D eigenvalue weighted by Crippen LogP contribution is 2.13. The second-order valence-electron chi connectivity index (χ2n) is 7.41. The summed E-state index contributed by atoms with van der Waals surface area (Å²) in [6, 6.07) is 17.4. The van der Waals surface area contributed by atoms with Crippen LogP contribution in [-0.4, -0.2) is 36.2 Å². The Labute approximate surface area is 180 Å². The highest BCUT2D eigenvalue weighted by molar-refractivity contribution is 5.89. The number of amides is 1. The van der Waals surface area contributed by atoms with Gasteiger partial charge in [0.1, 0.15) is 0 Å². The van der Waals surface area contributed by atoms with E-state index in [2.05, 4.69) is 6.92 Å². The van der Waals surface area contributed by atoms with Crippen molar-refractivity contribution in [3.63, 3.8) is 0 Å². The van der Waals surface area contributed by atoms with E-state index in [9.17, 15) is 9.59 Å². The number of rotatable bonds is 11. The van der Waals surface area contributed by atoms with Gasteiger partial charge in [0, 0.05) is 13.1 Å². The van der Waals surface area contributed by atoms with Crippen molar-refractivity contribution in [1.82, 2.24) is 4.90 Å². The zero-order valence-electron chi connectivity index (χ0n) is 18.3. The lowest BCUT2D eigenvalue weighted by Gasteiger charge is -2.23. The third kappa shape index (κ3) is 7.90. The fraction of sp³-hybridized carbons (Fsp3) is 0.440. The predicted molar refractivity (Wildman–Crippen MR) is 118 cm³/mol. The van der Waals surface area contributed by atoms with Crippen LogP contribution in [0.4, 0.5) is 4.79 Å². The van der Waals surface area contributed by atoms with Gasteiger partial charge in [0.25, 0.3) is 0 Å². The molecule has 0 aliphatic heterocycles. The Hall–Kier alpha value is -2.82. The molecule has 0 radical (unpaired) electrons. The Morgan fingerprint density at radius 3 is 2.30 bits per heavy atom. The number of benzene rings is 2. The SMILES string of the molecule is CCCc1ccc(C(=O)OC(C)CCCN(Cc2ccccc2)C(=O)OCC)cc1. The molecule has 0 heterocycles. The van der Waals surface area contributed by atoms with Crippen LogP contribution in [0.1, 0.15) is 61.5 Å². The summed E-state index contributed by atoms with van der Waals surface area (Å²) in [6.45, 7) is 7.20. The molecule has 5 heteroatoms. The molecule has 0 bridgehead atoms. The second kappa shape index (κ2) is 12.7. The monoisotopic (exact) mass is 411 g/mol. The van der Waals surface area contributed by atoms with Crippen LogP contribution in [0.5, 0.6) is 0 Å². The molecule has 1 unspecified atom stereocenters. The van der Waals surface area contributed by atoms with Crippen LogP contribution in [0.3, 0.4) is 0 Å². The first kappa shape index (κ1) is 23.5. The number of ether oxygens (including phenoxy) is 2. The Balaban J connectivity index is 1.82. The van der Waals surface area contributed by atoms with Crippen molar-refractivity contribution in [2.24, 2.45) is 0 Å². The van der Waals surface area contributed by atoms with Crippen molar-refractivity contribution >= 4 is 12.1 Å². The normalized spacial score (nSPS) is 11.6. The molecule has 0 saturated carbocycles. The first-order chi connectivity index (χ1) is 14.5. The topological polar surface area (TPSA) is 55.8 Å². The van der Waals surface area contributed by atoms with Crippen LogP contribution in [0, 0.1) is 0 Å². The molecule has 162 valence electrons. The lowest BCUT2D eigenvalue weighted by molar-refractivity contribution is 0.0311. The summed E-state index contributed by atoms with van der Waals surface area (Å²) < 4.78 is 10.8. The van der Waals surface area contributed by atoms with Crippen LogP contribution in [0.2, 0.25) is 0 Å². The van der Waals surface area contributed by atoms with E-state index in [0.717, 1.165) is 24.8 Å².